The van der Waals surface area contributed by atoms with Gasteiger partial charge in [0.15, 0.2) is 0 Å². The van der Waals surface area contributed by atoms with Crippen molar-refractivity contribution in [1.29, 1.82) is 0 Å². The summed E-state index contributed by atoms with van der Waals surface area (Å²) in [5.41, 5.74) is 3.55. The number of aromatic nitrogens is 1. The number of rotatable bonds is 6. The molecular weight excluding hydrogens is 368 g/mol. The van der Waals surface area contributed by atoms with Gasteiger partial charge in [0, 0.05) is 49.3 Å². The molecule has 0 radical (unpaired) electrons. The number of nitrogens with zero attached hydrogens (tertiary/aromatic N) is 3. The molecule has 1 aromatic heterocycles. The van der Waals surface area contributed by atoms with E-state index in [1.54, 1.807) is 17.0 Å². The van der Waals surface area contributed by atoms with E-state index in [1.807, 2.05) is 19.1 Å². The van der Waals surface area contributed by atoms with Crippen molar-refractivity contribution in [3.8, 4) is 0 Å². The van der Waals surface area contributed by atoms with Crippen LogP contribution in [0.25, 0.3) is 0 Å². The van der Waals surface area contributed by atoms with Gasteiger partial charge >= 0.3 is 0 Å². The molecule has 1 N–H and O–H groups in total. The van der Waals surface area contributed by atoms with Gasteiger partial charge in [0.05, 0.1) is 13.2 Å². The molecular formula is C22H28N4O3. The van der Waals surface area contributed by atoms with Crippen LogP contribution < -0.4 is 10.2 Å². The molecule has 1 fully saturated rings. The molecule has 0 aliphatic carbocycles. The zero-order chi connectivity index (χ0) is 20.8. The number of anilines is 2. The Bertz CT molecular complexity index is 874. The fraction of sp³-hybridized carbons (Fsp3) is 0.409. The third-order valence-electron chi connectivity index (χ3n) is 5.13. The standard InChI is InChI=1S/C22H28N4O3/c1-4-25(5-2)18-6-7-19(16(3)14-18)24-21(27)17-8-9-23-20(15-17)22(28)26-10-12-29-13-11-26/h6-9,14-15H,4-5,10-13H2,1-3H3,(H,24,27). The first-order valence-corrected chi connectivity index (χ1v) is 10.0. The molecule has 7 heteroatoms. The van der Waals surface area contributed by atoms with Crippen molar-refractivity contribution in [1.82, 2.24) is 9.88 Å². The van der Waals surface area contributed by atoms with Gasteiger partial charge in [0.1, 0.15) is 5.69 Å². The first kappa shape index (κ1) is 20.8. The van der Waals surface area contributed by atoms with E-state index in [0.717, 1.165) is 30.0 Å². The van der Waals surface area contributed by atoms with E-state index in [9.17, 15) is 9.59 Å². The number of hydrogen-bond donors (Lipinski definition) is 1. The Labute approximate surface area is 171 Å². The van der Waals surface area contributed by atoms with E-state index in [4.69, 9.17) is 4.74 Å². The third kappa shape index (κ3) is 4.92. The van der Waals surface area contributed by atoms with Crippen molar-refractivity contribution < 1.29 is 14.3 Å². The Balaban J connectivity index is 1.73. The van der Waals surface area contributed by atoms with Crippen LogP contribution in [0, 0.1) is 6.92 Å². The molecule has 1 aliphatic rings. The van der Waals surface area contributed by atoms with Crippen LogP contribution in [0.5, 0.6) is 0 Å². The monoisotopic (exact) mass is 396 g/mol. The second-order valence-corrected chi connectivity index (χ2v) is 6.96. The SMILES string of the molecule is CCN(CC)c1ccc(NC(=O)c2ccnc(C(=O)N3CCOCC3)c2)c(C)c1. The summed E-state index contributed by atoms with van der Waals surface area (Å²) < 4.78 is 5.28. The van der Waals surface area contributed by atoms with Crippen molar-refractivity contribution in [3.63, 3.8) is 0 Å². The molecule has 1 aromatic carbocycles. The molecule has 0 spiro atoms. The minimum absolute atomic E-state index is 0.178. The molecule has 0 bridgehead atoms. The van der Waals surface area contributed by atoms with Crippen LogP contribution in [0.15, 0.2) is 36.5 Å². The van der Waals surface area contributed by atoms with Crippen molar-refractivity contribution >= 4 is 23.2 Å². The molecule has 2 amide bonds. The molecule has 29 heavy (non-hydrogen) atoms. The van der Waals surface area contributed by atoms with Crippen LogP contribution in [0.2, 0.25) is 0 Å². The van der Waals surface area contributed by atoms with Gasteiger partial charge < -0.3 is 19.9 Å². The summed E-state index contributed by atoms with van der Waals surface area (Å²) in [6.45, 7) is 10.2. The van der Waals surface area contributed by atoms with E-state index in [2.05, 4.69) is 35.1 Å². The topological polar surface area (TPSA) is 74.8 Å². The zero-order valence-electron chi connectivity index (χ0n) is 17.3. The normalized spacial score (nSPS) is 13.8. The lowest BCUT2D eigenvalue weighted by atomic mass is 10.1. The van der Waals surface area contributed by atoms with Gasteiger partial charge in [0.25, 0.3) is 11.8 Å². The Morgan fingerprint density at radius 1 is 1.14 bits per heavy atom. The summed E-state index contributed by atoms with van der Waals surface area (Å²) in [5, 5.41) is 2.94. The number of carbonyl (C=O) groups excluding carboxylic acids is 2. The van der Waals surface area contributed by atoms with Crippen molar-refractivity contribution in [2.75, 3.05) is 49.6 Å². The highest BCUT2D eigenvalue weighted by molar-refractivity contribution is 6.06. The zero-order valence-corrected chi connectivity index (χ0v) is 17.3. The molecule has 1 saturated heterocycles. The highest BCUT2D eigenvalue weighted by Gasteiger charge is 2.21. The third-order valence-corrected chi connectivity index (χ3v) is 5.13. The van der Waals surface area contributed by atoms with Crippen LogP contribution in [-0.4, -0.2) is 61.1 Å². The Morgan fingerprint density at radius 3 is 2.52 bits per heavy atom. The predicted octanol–water partition coefficient (Wildman–Crippen LogP) is 2.96. The number of morpholine rings is 1. The first-order valence-electron chi connectivity index (χ1n) is 10.0. The second kappa shape index (κ2) is 9.52. The lowest BCUT2D eigenvalue weighted by Gasteiger charge is -2.26. The molecule has 154 valence electrons. The van der Waals surface area contributed by atoms with E-state index >= 15 is 0 Å². The van der Waals surface area contributed by atoms with Crippen molar-refractivity contribution in [2.24, 2.45) is 0 Å². The molecule has 2 heterocycles. The summed E-state index contributed by atoms with van der Waals surface area (Å²) >= 11 is 0. The van der Waals surface area contributed by atoms with E-state index in [-0.39, 0.29) is 17.5 Å². The number of ether oxygens (including phenoxy) is 1. The summed E-state index contributed by atoms with van der Waals surface area (Å²) in [6.07, 6.45) is 1.50. The minimum Gasteiger partial charge on any atom is -0.378 e. The van der Waals surface area contributed by atoms with Gasteiger partial charge in [-0.05, 0) is 56.7 Å². The van der Waals surface area contributed by atoms with Crippen LogP contribution in [0.3, 0.4) is 0 Å². The Hall–Kier alpha value is -2.93. The van der Waals surface area contributed by atoms with Gasteiger partial charge in [-0.2, -0.15) is 0 Å². The maximum Gasteiger partial charge on any atom is 0.272 e. The molecule has 2 aromatic rings. The van der Waals surface area contributed by atoms with Gasteiger partial charge in [-0.25, -0.2) is 0 Å². The first-order chi connectivity index (χ1) is 14.0. The predicted molar refractivity (Wildman–Crippen MR) is 114 cm³/mol. The maximum atomic E-state index is 12.8. The Morgan fingerprint density at radius 2 is 1.86 bits per heavy atom. The molecule has 0 saturated carbocycles. The van der Waals surface area contributed by atoms with Gasteiger partial charge in [-0.3, -0.25) is 14.6 Å². The maximum absolute atomic E-state index is 12.8. The average Bonchev–Trinajstić information content (AvgIpc) is 2.76. The van der Waals surface area contributed by atoms with E-state index in [1.165, 1.54) is 6.20 Å². The molecule has 3 rings (SSSR count). The highest BCUT2D eigenvalue weighted by Crippen LogP contribution is 2.23. The molecule has 7 nitrogen and oxygen atoms in total. The van der Waals surface area contributed by atoms with Crippen molar-refractivity contribution in [2.45, 2.75) is 20.8 Å². The quantitative estimate of drug-likeness (QED) is 0.813. The smallest absolute Gasteiger partial charge is 0.272 e. The number of hydrogen-bond acceptors (Lipinski definition) is 5. The van der Waals surface area contributed by atoms with E-state index in [0.29, 0.717) is 31.9 Å². The molecule has 0 unspecified atom stereocenters. The fourth-order valence-electron chi connectivity index (χ4n) is 3.39. The Kier molecular flexibility index (Phi) is 6.82. The average molecular weight is 396 g/mol. The molecule has 1 aliphatic heterocycles. The number of carbonyl (C=O) groups is 2. The lowest BCUT2D eigenvalue weighted by Crippen LogP contribution is -2.41. The summed E-state index contributed by atoms with van der Waals surface area (Å²) in [5.74, 6) is -0.440. The number of pyridine rings is 1. The lowest BCUT2D eigenvalue weighted by molar-refractivity contribution is 0.0299. The van der Waals surface area contributed by atoms with Crippen molar-refractivity contribution in [3.05, 3.63) is 53.3 Å². The van der Waals surface area contributed by atoms with Gasteiger partial charge in [-0.1, -0.05) is 0 Å². The minimum atomic E-state index is -0.262. The van der Waals surface area contributed by atoms with Crippen LogP contribution in [0.4, 0.5) is 11.4 Å². The summed E-state index contributed by atoms with van der Waals surface area (Å²) in [7, 11) is 0. The van der Waals surface area contributed by atoms with Crippen LogP contribution >= 0.6 is 0 Å². The number of amides is 2. The number of benzene rings is 1. The van der Waals surface area contributed by atoms with Gasteiger partial charge in [0.2, 0.25) is 0 Å². The number of aryl methyl sites for hydroxylation is 1. The largest absolute Gasteiger partial charge is 0.378 e. The van der Waals surface area contributed by atoms with Crippen LogP contribution in [-0.2, 0) is 4.74 Å². The second-order valence-electron chi connectivity index (χ2n) is 6.96. The molecule has 0 atom stereocenters. The fourth-order valence-corrected chi connectivity index (χ4v) is 3.39. The summed E-state index contributed by atoms with van der Waals surface area (Å²) in [4.78, 5) is 33.5. The summed E-state index contributed by atoms with van der Waals surface area (Å²) in [6, 6.07) is 9.16. The highest BCUT2D eigenvalue weighted by atomic mass is 16.5. The van der Waals surface area contributed by atoms with E-state index < -0.39 is 0 Å². The number of nitrogens with one attached hydrogen (secondary N) is 1. The van der Waals surface area contributed by atoms with Gasteiger partial charge in [-0.15, -0.1) is 0 Å². The van der Waals surface area contributed by atoms with Crippen LogP contribution in [0.1, 0.15) is 40.3 Å².